The van der Waals surface area contributed by atoms with Crippen molar-refractivity contribution >= 4 is 62.7 Å². The van der Waals surface area contributed by atoms with Gasteiger partial charge in [-0.25, -0.2) is 4.79 Å². The number of aliphatic hydroxyl groups is 1. The molecule has 0 saturated carbocycles. The van der Waals surface area contributed by atoms with Crippen molar-refractivity contribution in [1.82, 2.24) is 0 Å². The van der Waals surface area contributed by atoms with Crippen LogP contribution < -0.4 is 9.79 Å². The molecular formula is C3H7BaO8P. The molecule has 8 nitrogen and oxygen atoms in total. The maximum absolute atomic E-state index is 9.79. The molecule has 0 unspecified atom stereocenters. The fourth-order valence-corrected chi connectivity index (χ4v) is 0.557. The standard InChI is InChI=1S/C3H7O7P.Ba.H2O/c4-2(3(5)6)1-10-11(7,8)9;;/h2,4H,1H2,(H,5,6)(H2,7,8,9);;1H2/q;+2;/p-2/t2-;;/m1../s1. The number of aliphatic hydroxyl groups excluding tert-OH is 1. The van der Waals surface area contributed by atoms with Gasteiger partial charge in [-0.05, 0) is 0 Å². The van der Waals surface area contributed by atoms with Crippen molar-refractivity contribution in [2.75, 3.05) is 6.61 Å². The minimum absolute atomic E-state index is 0. The van der Waals surface area contributed by atoms with Crippen LogP contribution in [0, 0.1) is 0 Å². The molecule has 0 saturated heterocycles. The maximum atomic E-state index is 9.79. The molecule has 0 radical (unpaired) electrons. The van der Waals surface area contributed by atoms with Gasteiger partial charge in [0.2, 0.25) is 0 Å². The van der Waals surface area contributed by atoms with Crippen LogP contribution in [0.3, 0.4) is 0 Å². The van der Waals surface area contributed by atoms with Crippen LogP contribution in [0.15, 0.2) is 0 Å². The number of rotatable bonds is 4. The molecule has 0 bridgehead atoms. The van der Waals surface area contributed by atoms with E-state index in [1.807, 2.05) is 0 Å². The first-order valence-corrected chi connectivity index (χ1v) is 3.86. The molecule has 0 spiro atoms. The summed E-state index contributed by atoms with van der Waals surface area (Å²) in [6.07, 6.45) is -1.99. The summed E-state index contributed by atoms with van der Waals surface area (Å²) in [5, 5.41) is 16.3. The maximum Gasteiger partial charge on any atom is 2.00 e. The normalized spacial score (nSPS) is 12.2. The first kappa shape index (κ1) is 19.6. The third-order valence-corrected chi connectivity index (χ3v) is 1.14. The van der Waals surface area contributed by atoms with E-state index in [9.17, 15) is 19.1 Å². The second kappa shape index (κ2) is 8.39. The van der Waals surface area contributed by atoms with E-state index in [2.05, 4.69) is 4.52 Å². The number of carboxylic acids is 1. The molecule has 0 aromatic carbocycles. The van der Waals surface area contributed by atoms with Crippen LogP contribution in [-0.2, 0) is 13.9 Å². The van der Waals surface area contributed by atoms with Crippen LogP contribution in [0.1, 0.15) is 0 Å². The molecule has 13 heavy (non-hydrogen) atoms. The number of hydrogen-bond donors (Lipinski definition) is 2. The minimum Gasteiger partial charge on any atom is -0.790 e. The Balaban J connectivity index is -0.000000500. The number of hydrogen-bond acceptors (Lipinski definition) is 6. The van der Waals surface area contributed by atoms with Crippen molar-refractivity contribution < 1.29 is 39.4 Å². The van der Waals surface area contributed by atoms with Gasteiger partial charge < -0.3 is 34.6 Å². The number of carboxylic acid groups (broad SMARTS) is 1. The average molecular weight is 339 g/mol. The van der Waals surface area contributed by atoms with Gasteiger partial charge in [0.1, 0.15) is 0 Å². The Labute approximate surface area is 114 Å². The summed E-state index contributed by atoms with van der Waals surface area (Å²) < 4.78 is 13.2. The summed E-state index contributed by atoms with van der Waals surface area (Å²) in [7, 11) is -5.18. The molecule has 0 aliphatic carbocycles. The summed E-state index contributed by atoms with van der Waals surface area (Å²) in [6, 6.07) is 0. The second-order valence-electron chi connectivity index (χ2n) is 1.60. The predicted octanol–water partition coefficient (Wildman–Crippen LogP) is -3.93. The molecular weight excluding hydrogens is 332 g/mol. The van der Waals surface area contributed by atoms with E-state index in [0.29, 0.717) is 0 Å². The third-order valence-electron chi connectivity index (χ3n) is 0.676. The largest absolute Gasteiger partial charge is 2.00 e. The van der Waals surface area contributed by atoms with Crippen LogP contribution >= 0.6 is 7.82 Å². The summed E-state index contributed by atoms with van der Waals surface area (Å²) in [4.78, 5) is 29.2. The van der Waals surface area contributed by atoms with E-state index in [-0.39, 0.29) is 54.4 Å². The minimum atomic E-state index is -5.18. The Bertz CT molecular complexity index is 188. The van der Waals surface area contributed by atoms with Gasteiger partial charge in [0.25, 0.3) is 0 Å². The first-order valence-electron chi connectivity index (χ1n) is 2.40. The number of phosphoric ester groups is 1. The van der Waals surface area contributed by atoms with E-state index in [1.54, 1.807) is 0 Å². The molecule has 1 atom stereocenters. The van der Waals surface area contributed by atoms with Crippen LogP contribution in [0.25, 0.3) is 0 Å². The monoisotopic (exact) mass is 340 g/mol. The topological polar surface area (TPSA) is 161 Å². The Morgan fingerprint density at radius 2 is 1.92 bits per heavy atom. The predicted molar refractivity (Wildman–Crippen MR) is 36.6 cm³/mol. The van der Waals surface area contributed by atoms with Gasteiger partial charge in [-0.1, -0.05) is 0 Å². The molecule has 0 aliphatic rings. The van der Waals surface area contributed by atoms with Crippen LogP contribution in [0.2, 0.25) is 0 Å². The van der Waals surface area contributed by atoms with E-state index in [0.717, 1.165) is 0 Å². The van der Waals surface area contributed by atoms with E-state index in [1.165, 1.54) is 0 Å². The smallest absolute Gasteiger partial charge is 0.790 e. The molecule has 4 N–H and O–H groups in total. The average Bonchev–Trinajstić information content (AvgIpc) is 1.80. The first-order chi connectivity index (χ1) is 4.83. The van der Waals surface area contributed by atoms with E-state index in [4.69, 9.17) is 10.2 Å². The van der Waals surface area contributed by atoms with Crippen molar-refractivity contribution in [2.24, 2.45) is 0 Å². The summed E-state index contributed by atoms with van der Waals surface area (Å²) in [5.74, 6) is -1.65. The van der Waals surface area contributed by atoms with Crippen molar-refractivity contribution in [3.8, 4) is 0 Å². The molecule has 10 heteroatoms. The zero-order valence-electron chi connectivity index (χ0n) is 6.37. The van der Waals surface area contributed by atoms with Crippen LogP contribution in [0.4, 0.5) is 0 Å². The molecule has 0 fully saturated rings. The van der Waals surface area contributed by atoms with E-state index < -0.39 is 26.5 Å². The van der Waals surface area contributed by atoms with Gasteiger partial charge >= 0.3 is 54.9 Å². The zero-order valence-corrected chi connectivity index (χ0v) is 11.7. The molecule has 0 aromatic rings. The molecule has 0 rings (SSSR count). The van der Waals surface area contributed by atoms with E-state index >= 15 is 0 Å². The van der Waals surface area contributed by atoms with Gasteiger partial charge in [0, 0.05) is 0 Å². The SMILES string of the molecule is O.O=C(O)[C@H](O)COP(=O)([O-])[O-].[Ba+2]. The molecule has 0 aromatic heterocycles. The Morgan fingerprint density at radius 3 is 2.15 bits per heavy atom. The van der Waals surface area contributed by atoms with Crippen molar-refractivity contribution in [3.05, 3.63) is 0 Å². The number of phosphoric acid groups is 1. The molecule has 0 amide bonds. The zero-order chi connectivity index (χ0) is 9.07. The fourth-order valence-electron chi connectivity index (χ4n) is 0.233. The number of carbonyl (C=O) groups is 1. The van der Waals surface area contributed by atoms with Gasteiger partial charge in [-0.2, -0.15) is 0 Å². The molecule has 74 valence electrons. The summed E-state index contributed by atoms with van der Waals surface area (Å²) in [5.41, 5.74) is 0. The van der Waals surface area contributed by atoms with Crippen molar-refractivity contribution in [1.29, 1.82) is 0 Å². The van der Waals surface area contributed by atoms with Crippen molar-refractivity contribution in [2.45, 2.75) is 6.10 Å². The second-order valence-corrected chi connectivity index (χ2v) is 2.75. The van der Waals surface area contributed by atoms with Gasteiger partial charge in [-0.3, -0.25) is 0 Å². The quantitative estimate of drug-likeness (QED) is 0.390. The summed E-state index contributed by atoms with van der Waals surface area (Å²) >= 11 is 0. The Kier molecular flexibility index (Phi) is 12.7. The van der Waals surface area contributed by atoms with Crippen LogP contribution in [0.5, 0.6) is 0 Å². The van der Waals surface area contributed by atoms with Gasteiger partial charge in [0.05, 0.1) is 14.4 Å². The molecule has 0 aliphatic heterocycles. The Morgan fingerprint density at radius 1 is 1.54 bits per heavy atom. The fraction of sp³-hybridized carbons (Fsp3) is 0.667. The molecule has 0 heterocycles. The number of aliphatic carboxylic acids is 1. The van der Waals surface area contributed by atoms with Gasteiger partial charge in [-0.15, -0.1) is 0 Å². The summed E-state index contributed by atoms with van der Waals surface area (Å²) in [6.45, 7) is -1.06. The van der Waals surface area contributed by atoms with Gasteiger partial charge in [0.15, 0.2) is 6.10 Å². The third kappa shape index (κ3) is 13.1. The van der Waals surface area contributed by atoms with Crippen molar-refractivity contribution in [3.63, 3.8) is 0 Å². The Hall–Kier alpha value is 1.07. The van der Waals surface area contributed by atoms with Crippen LogP contribution in [-0.4, -0.2) is 83.3 Å².